The normalized spacial score (nSPS) is 10.6. The van der Waals surface area contributed by atoms with Gasteiger partial charge in [0.1, 0.15) is 23.5 Å². The average molecular weight is 279 g/mol. The Balaban J connectivity index is 2.27. The van der Waals surface area contributed by atoms with Gasteiger partial charge in [0, 0.05) is 6.54 Å². The molecule has 0 radical (unpaired) electrons. The fourth-order valence-electron chi connectivity index (χ4n) is 1.92. The number of rotatable bonds is 6. The molecule has 0 aliphatic rings. The number of hydrogen-bond donors (Lipinski definition) is 0. The van der Waals surface area contributed by atoms with Crippen molar-refractivity contribution < 1.29 is 9.53 Å². The van der Waals surface area contributed by atoms with E-state index in [2.05, 4.69) is 16.9 Å². The summed E-state index contributed by atoms with van der Waals surface area (Å²) in [6.07, 6.45) is 2.48. The molecular weight excluding hydrogens is 262 g/mol. The van der Waals surface area contributed by atoms with E-state index in [1.807, 2.05) is 23.3 Å². The van der Waals surface area contributed by atoms with E-state index in [-0.39, 0.29) is 12.5 Å². The Hall–Kier alpha value is -1.69. The number of anilines is 1. The molecule has 0 fully saturated rings. The minimum atomic E-state index is -0.224. The molecule has 0 spiro atoms. The zero-order valence-corrected chi connectivity index (χ0v) is 11.9. The Kier molecular flexibility index (Phi) is 4.68. The Morgan fingerprint density at radius 2 is 2.26 bits per heavy atom. The minimum Gasteiger partial charge on any atom is -0.465 e. The van der Waals surface area contributed by atoms with Crippen LogP contribution >= 0.6 is 11.3 Å². The van der Waals surface area contributed by atoms with Crippen LogP contribution in [0.25, 0.3) is 10.2 Å². The summed E-state index contributed by atoms with van der Waals surface area (Å²) in [6.45, 7) is 5.27. The smallest absolute Gasteiger partial charge is 0.325 e. The zero-order chi connectivity index (χ0) is 13.7. The summed E-state index contributed by atoms with van der Waals surface area (Å²) in [5, 5.41) is 2.97. The van der Waals surface area contributed by atoms with Gasteiger partial charge in [-0.15, -0.1) is 11.3 Å². The lowest BCUT2D eigenvalue weighted by atomic mass is 10.3. The molecule has 0 saturated heterocycles. The highest BCUT2D eigenvalue weighted by atomic mass is 32.1. The van der Waals surface area contributed by atoms with Crippen molar-refractivity contribution in [3.8, 4) is 0 Å². The predicted molar refractivity (Wildman–Crippen MR) is 76.6 cm³/mol. The maximum absolute atomic E-state index is 11.7. The predicted octanol–water partition coefficient (Wildman–Crippen LogP) is 2.47. The maximum Gasteiger partial charge on any atom is 0.325 e. The second-order valence-corrected chi connectivity index (χ2v) is 4.96. The molecule has 0 aliphatic carbocycles. The number of carbonyl (C=O) groups excluding carboxylic acids is 1. The number of nitrogens with zero attached hydrogens (tertiary/aromatic N) is 3. The van der Waals surface area contributed by atoms with Crippen LogP contribution in [0.3, 0.4) is 0 Å². The number of esters is 1. The summed E-state index contributed by atoms with van der Waals surface area (Å²) in [7, 11) is 0. The molecule has 102 valence electrons. The molecule has 0 N–H and O–H groups in total. The van der Waals surface area contributed by atoms with Gasteiger partial charge in [0.05, 0.1) is 12.0 Å². The van der Waals surface area contributed by atoms with E-state index >= 15 is 0 Å². The molecule has 2 heterocycles. The fraction of sp³-hybridized carbons (Fsp3) is 0.462. The number of hydrogen-bond acceptors (Lipinski definition) is 6. The van der Waals surface area contributed by atoms with Crippen molar-refractivity contribution in [3.05, 3.63) is 17.8 Å². The summed E-state index contributed by atoms with van der Waals surface area (Å²) in [6, 6.07) is 1.99. The first-order valence-electron chi connectivity index (χ1n) is 6.35. The third-order valence-electron chi connectivity index (χ3n) is 2.66. The van der Waals surface area contributed by atoms with Gasteiger partial charge in [-0.05, 0) is 24.8 Å². The standard InChI is InChI=1S/C13H17N3O2S/c1-3-6-16(8-11(17)18-4-2)12-10-5-7-19-13(10)15-9-14-12/h5,7,9H,3-4,6,8H2,1-2H3. The summed E-state index contributed by atoms with van der Waals surface area (Å²) >= 11 is 1.57. The monoisotopic (exact) mass is 279 g/mol. The summed E-state index contributed by atoms with van der Waals surface area (Å²) < 4.78 is 5.01. The van der Waals surface area contributed by atoms with Crippen LogP contribution in [0, 0.1) is 0 Å². The van der Waals surface area contributed by atoms with E-state index in [0.717, 1.165) is 29.0 Å². The summed E-state index contributed by atoms with van der Waals surface area (Å²) in [5.41, 5.74) is 0. The highest BCUT2D eigenvalue weighted by Crippen LogP contribution is 2.26. The lowest BCUT2D eigenvalue weighted by Gasteiger charge is -2.22. The molecule has 5 nitrogen and oxygen atoms in total. The number of ether oxygens (including phenoxy) is 1. The van der Waals surface area contributed by atoms with Gasteiger partial charge in [-0.1, -0.05) is 6.92 Å². The molecule has 0 aliphatic heterocycles. The molecule has 2 rings (SSSR count). The lowest BCUT2D eigenvalue weighted by molar-refractivity contribution is -0.141. The topological polar surface area (TPSA) is 55.3 Å². The molecule has 0 saturated carbocycles. The van der Waals surface area contributed by atoms with Crippen LogP contribution in [0.2, 0.25) is 0 Å². The maximum atomic E-state index is 11.7. The molecule has 2 aromatic heterocycles. The van der Waals surface area contributed by atoms with Gasteiger partial charge in [-0.2, -0.15) is 0 Å². The highest BCUT2D eigenvalue weighted by molar-refractivity contribution is 7.16. The molecule has 0 unspecified atom stereocenters. The second-order valence-electron chi connectivity index (χ2n) is 4.06. The zero-order valence-electron chi connectivity index (χ0n) is 11.1. The molecule has 2 aromatic rings. The van der Waals surface area contributed by atoms with Crippen molar-refractivity contribution in [3.63, 3.8) is 0 Å². The molecule has 19 heavy (non-hydrogen) atoms. The molecule has 0 amide bonds. The Morgan fingerprint density at radius 3 is 3.00 bits per heavy atom. The van der Waals surface area contributed by atoms with Crippen molar-refractivity contribution >= 4 is 33.3 Å². The number of aromatic nitrogens is 2. The number of fused-ring (bicyclic) bond motifs is 1. The van der Waals surface area contributed by atoms with Crippen molar-refractivity contribution in [2.24, 2.45) is 0 Å². The average Bonchev–Trinajstić information content (AvgIpc) is 2.86. The van der Waals surface area contributed by atoms with Gasteiger partial charge in [0.25, 0.3) is 0 Å². The highest BCUT2D eigenvalue weighted by Gasteiger charge is 2.16. The van der Waals surface area contributed by atoms with E-state index in [1.54, 1.807) is 17.7 Å². The third-order valence-corrected chi connectivity index (χ3v) is 3.48. The number of carbonyl (C=O) groups is 1. The van der Waals surface area contributed by atoms with Crippen molar-refractivity contribution in [2.45, 2.75) is 20.3 Å². The first-order chi connectivity index (χ1) is 9.26. The van der Waals surface area contributed by atoms with Gasteiger partial charge in [-0.3, -0.25) is 4.79 Å². The minimum absolute atomic E-state index is 0.224. The SMILES string of the molecule is CCCN(CC(=O)OCC)c1ncnc2sccc12. The quantitative estimate of drug-likeness (QED) is 0.760. The second kappa shape index (κ2) is 6.47. The van der Waals surface area contributed by atoms with Gasteiger partial charge in [-0.25, -0.2) is 9.97 Å². The number of thiophene rings is 1. The van der Waals surface area contributed by atoms with E-state index in [0.29, 0.717) is 6.61 Å². The molecule has 0 bridgehead atoms. The Labute approximate surface area is 116 Å². The first-order valence-corrected chi connectivity index (χ1v) is 7.23. The van der Waals surface area contributed by atoms with Crippen LogP contribution in [-0.4, -0.2) is 35.6 Å². The lowest BCUT2D eigenvalue weighted by Crippen LogP contribution is -2.32. The largest absolute Gasteiger partial charge is 0.465 e. The van der Waals surface area contributed by atoms with Crippen molar-refractivity contribution in [2.75, 3.05) is 24.6 Å². The van der Waals surface area contributed by atoms with E-state index in [1.165, 1.54) is 0 Å². The molecule has 6 heteroatoms. The third kappa shape index (κ3) is 3.20. The fourth-order valence-corrected chi connectivity index (χ4v) is 2.65. The Morgan fingerprint density at radius 1 is 1.42 bits per heavy atom. The van der Waals surface area contributed by atoms with Gasteiger partial charge < -0.3 is 9.64 Å². The van der Waals surface area contributed by atoms with E-state index in [4.69, 9.17) is 4.74 Å². The molecular formula is C13H17N3O2S. The van der Waals surface area contributed by atoms with Crippen molar-refractivity contribution in [1.29, 1.82) is 0 Å². The van der Waals surface area contributed by atoms with Gasteiger partial charge in [0.15, 0.2) is 0 Å². The summed E-state index contributed by atoms with van der Waals surface area (Å²) in [4.78, 5) is 23.1. The van der Waals surface area contributed by atoms with Gasteiger partial charge >= 0.3 is 5.97 Å². The van der Waals surface area contributed by atoms with Crippen LogP contribution in [-0.2, 0) is 9.53 Å². The molecule has 0 atom stereocenters. The van der Waals surface area contributed by atoms with Crippen LogP contribution < -0.4 is 4.90 Å². The van der Waals surface area contributed by atoms with Crippen LogP contribution in [0.5, 0.6) is 0 Å². The van der Waals surface area contributed by atoms with Crippen molar-refractivity contribution in [1.82, 2.24) is 9.97 Å². The Bertz CT molecular complexity index is 556. The van der Waals surface area contributed by atoms with Crippen LogP contribution in [0.15, 0.2) is 17.8 Å². The van der Waals surface area contributed by atoms with Crippen LogP contribution in [0.1, 0.15) is 20.3 Å². The summed E-state index contributed by atoms with van der Waals surface area (Å²) in [5.74, 6) is 0.582. The molecule has 0 aromatic carbocycles. The van der Waals surface area contributed by atoms with Crippen LogP contribution in [0.4, 0.5) is 5.82 Å². The first kappa shape index (κ1) is 13.7. The van der Waals surface area contributed by atoms with E-state index < -0.39 is 0 Å². The van der Waals surface area contributed by atoms with Gasteiger partial charge in [0.2, 0.25) is 0 Å². The van der Waals surface area contributed by atoms with E-state index in [9.17, 15) is 4.79 Å².